The van der Waals surface area contributed by atoms with Crippen LogP contribution in [0.25, 0.3) is 0 Å². The van der Waals surface area contributed by atoms with Crippen LogP contribution in [-0.2, 0) is 6.42 Å². The van der Waals surface area contributed by atoms with E-state index >= 15 is 0 Å². The largest absolute Gasteiger partial charge is 0.493 e. The van der Waals surface area contributed by atoms with E-state index in [0.29, 0.717) is 22.9 Å². The van der Waals surface area contributed by atoms with Crippen molar-refractivity contribution in [3.05, 3.63) is 71.9 Å². The number of benzene rings is 2. The van der Waals surface area contributed by atoms with Gasteiger partial charge in [-0.3, -0.25) is 4.79 Å². The first-order valence-electron chi connectivity index (χ1n) is 9.47. The summed E-state index contributed by atoms with van der Waals surface area (Å²) in [5.41, 5.74) is 3.56. The Kier molecular flexibility index (Phi) is 5.08. The molecule has 29 heavy (non-hydrogen) atoms. The minimum absolute atomic E-state index is 0.0346. The molecule has 4 rings (SSSR count). The predicted molar refractivity (Wildman–Crippen MR) is 113 cm³/mol. The highest BCUT2D eigenvalue weighted by Gasteiger charge is 2.31. The van der Waals surface area contributed by atoms with Gasteiger partial charge < -0.3 is 19.7 Å². The Morgan fingerprint density at radius 1 is 1.07 bits per heavy atom. The van der Waals surface area contributed by atoms with E-state index in [4.69, 9.17) is 9.47 Å². The molecular weight excluding hydrogens is 366 g/mol. The Morgan fingerprint density at radius 3 is 2.59 bits per heavy atom. The van der Waals surface area contributed by atoms with Crippen molar-refractivity contribution in [2.45, 2.75) is 19.4 Å². The summed E-state index contributed by atoms with van der Waals surface area (Å²) in [6, 6.07) is 17.3. The molecule has 3 aromatic rings. The lowest BCUT2D eigenvalue weighted by Crippen LogP contribution is -2.35. The Bertz CT molecular complexity index is 1030. The Balaban J connectivity index is 1.52. The molecule has 0 aliphatic carbocycles. The van der Waals surface area contributed by atoms with E-state index < -0.39 is 0 Å². The molecule has 2 heterocycles. The lowest BCUT2D eigenvalue weighted by Gasteiger charge is -2.22. The molecule has 1 aliphatic rings. The summed E-state index contributed by atoms with van der Waals surface area (Å²) in [6.07, 6.45) is 2.48. The van der Waals surface area contributed by atoms with Gasteiger partial charge in [0.05, 0.1) is 19.8 Å². The molecule has 0 saturated heterocycles. The third kappa shape index (κ3) is 3.61. The first kappa shape index (κ1) is 18.8. The molecule has 0 fully saturated rings. The van der Waals surface area contributed by atoms with E-state index in [2.05, 4.69) is 23.3 Å². The van der Waals surface area contributed by atoms with E-state index in [1.54, 1.807) is 32.5 Å². The maximum Gasteiger partial charge on any atom is 0.260 e. The Morgan fingerprint density at radius 2 is 1.86 bits per heavy atom. The maximum atomic E-state index is 13.1. The number of amides is 1. The number of ether oxygens (including phenoxy) is 2. The number of carbonyl (C=O) groups is 1. The zero-order chi connectivity index (χ0) is 20.4. The van der Waals surface area contributed by atoms with Crippen LogP contribution in [0.4, 0.5) is 17.2 Å². The van der Waals surface area contributed by atoms with E-state index in [0.717, 1.165) is 17.8 Å². The smallest absolute Gasteiger partial charge is 0.260 e. The Labute approximate surface area is 170 Å². The predicted octanol–water partition coefficient (Wildman–Crippen LogP) is 4.43. The summed E-state index contributed by atoms with van der Waals surface area (Å²) >= 11 is 0. The molecule has 0 saturated carbocycles. The van der Waals surface area contributed by atoms with Crippen molar-refractivity contribution in [2.24, 2.45) is 0 Å². The molecule has 0 bridgehead atoms. The minimum atomic E-state index is -0.0346. The average Bonchev–Trinajstić information content (AvgIpc) is 3.09. The molecule has 1 amide bonds. The quantitative estimate of drug-likeness (QED) is 0.699. The number of nitrogens with one attached hydrogen (secondary N) is 1. The zero-order valence-corrected chi connectivity index (χ0v) is 16.7. The molecular formula is C23H23N3O3. The van der Waals surface area contributed by atoms with Crippen molar-refractivity contribution < 1.29 is 14.3 Å². The minimum Gasteiger partial charge on any atom is -0.493 e. The van der Waals surface area contributed by atoms with Gasteiger partial charge >= 0.3 is 0 Å². The standard InChI is InChI=1S/C23H23N3O3/c1-15-12-16-6-4-5-7-19(16)26(15)23(27)17-8-11-22(24-14-17)25-18-9-10-20(28-2)21(13-18)29-3/h4-11,13-15H,12H2,1-3H3,(H,24,25). The summed E-state index contributed by atoms with van der Waals surface area (Å²) in [6.45, 7) is 2.07. The summed E-state index contributed by atoms with van der Waals surface area (Å²) in [5, 5.41) is 3.22. The molecule has 6 heteroatoms. The maximum absolute atomic E-state index is 13.1. The average molecular weight is 389 g/mol. The fourth-order valence-electron chi connectivity index (χ4n) is 3.67. The molecule has 1 aliphatic heterocycles. The molecule has 1 atom stereocenters. The van der Waals surface area contributed by atoms with Gasteiger partial charge in [0.1, 0.15) is 5.82 Å². The summed E-state index contributed by atoms with van der Waals surface area (Å²) < 4.78 is 10.6. The second-order valence-electron chi connectivity index (χ2n) is 6.98. The summed E-state index contributed by atoms with van der Waals surface area (Å²) in [7, 11) is 3.19. The van der Waals surface area contributed by atoms with Crippen LogP contribution in [-0.4, -0.2) is 31.2 Å². The van der Waals surface area contributed by atoms with Crippen LogP contribution in [0.2, 0.25) is 0 Å². The van der Waals surface area contributed by atoms with Gasteiger partial charge in [0, 0.05) is 29.7 Å². The number of pyridine rings is 1. The highest BCUT2D eigenvalue weighted by molar-refractivity contribution is 6.07. The number of aromatic nitrogens is 1. The number of hydrogen-bond donors (Lipinski definition) is 1. The topological polar surface area (TPSA) is 63.7 Å². The fraction of sp³-hybridized carbons (Fsp3) is 0.217. The van der Waals surface area contributed by atoms with Crippen LogP contribution >= 0.6 is 0 Å². The van der Waals surface area contributed by atoms with Crippen molar-refractivity contribution in [3.8, 4) is 11.5 Å². The molecule has 6 nitrogen and oxygen atoms in total. The number of rotatable bonds is 5. The fourth-order valence-corrected chi connectivity index (χ4v) is 3.67. The normalized spacial score (nSPS) is 15.0. The molecule has 1 aromatic heterocycles. The molecule has 0 spiro atoms. The third-order valence-electron chi connectivity index (χ3n) is 5.09. The Hall–Kier alpha value is -3.54. The second-order valence-corrected chi connectivity index (χ2v) is 6.98. The lowest BCUT2D eigenvalue weighted by atomic mass is 10.1. The number of methoxy groups -OCH3 is 2. The van der Waals surface area contributed by atoms with Crippen LogP contribution in [0.3, 0.4) is 0 Å². The van der Waals surface area contributed by atoms with Crippen LogP contribution in [0.15, 0.2) is 60.8 Å². The number of anilines is 3. The summed E-state index contributed by atoms with van der Waals surface area (Å²) in [5.74, 6) is 1.90. The van der Waals surface area contributed by atoms with E-state index in [1.165, 1.54) is 5.56 Å². The first-order chi connectivity index (χ1) is 14.1. The van der Waals surface area contributed by atoms with Crippen molar-refractivity contribution in [1.82, 2.24) is 4.98 Å². The highest BCUT2D eigenvalue weighted by atomic mass is 16.5. The van der Waals surface area contributed by atoms with Crippen LogP contribution in [0.5, 0.6) is 11.5 Å². The number of fused-ring (bicyclic) bond motifs is 1. The highest BCUT2D eigenvalue weighted by Crippen LogP contribution is 2.33. The third-order valence-corrected chi connectivity index (χ3v) is 5.09. The van der Waals surface area contributed by atoms with Gasteiger partial charge in [-0.25, -0.2) is 4.98 Å². The molecule has 1 N–H and O–H groups in total. The number of carbonyl (C=O) groups excluding carboxylic acids is 1. The van der Waals surface area contributed by atoms with Crippen molar-refractivity contribution in [2.75, 3.05) is 24.4 Å². The van der Waals surface area contributed by atoms with Gasteiger partial charge in [-0.2, -0.15) is 0 Å². The van der Waals surface area contributed by atoms with Gasteiger partial charge in [0.25, 0.3) is 5.91 Å². The zero-order valence-electron chi connectivity index (χ0n) is 16.7. The van der Waals surface area contributed by atoms with Crippen LogP contribution in [0, 0.1) is 0 Å². The van der Waals surface area contributed by atoms with Gasteiger partial charge in [0.2, 0.25) is 0 Å². The van der Waals surface area contributed by atoms with Gasteiger partial charge in [-0.15, -0.1) is 0 Å². The van der Waals surface area contributed by atoms with Crippen LogP contribution in [0.1, 0.15) is 22.8 Å². The summed E-state index contributed by atoms with van der Waals surface area (Å²) in [4.78, 5) is 19.3. The van der Waals surface area contributed by atoms with Gasteiger partial charge in [-0.05, 0) is 49.2 Å². The van der Waals surface area contributed by atoms with Gasteiger partial charge in [0.15, 0.2) is 11.5 Å². The van der Waals surface area contributed by atoms with Crippen LogP contribution < -0.4 is 19.7 Å². The number of para-hydroxylation sites is 1. The molecule has 1 unspecified atom stereocenters. The number of hydrogen-bond acceptors (Lipinski definition) is 5. The van der Waals surface area contributed by atoms with Crippen molar-refractivity contribution >= 4 is 23.1 Å². The number of nitrogens with zero attached hydrogens (tertiary/aromatic N) is 2. The van der Waals surface area contributed by atoms with E-state index in [1.807, 2.05) is 41.3 Å². The van der Waals surface area contributed by atoms with Crippen molar-refractivity contribution in [1.29, 1.82) is 0 Å². The lowest BCUT2D eigenvalue weighted by molar-refractivity contribution is 0.0981. The monoisotopic (exact) mass is 389 g/mol. The van der Waals surface area contributed by atoms with Gasteiger partial charge in [-0.1, -0.05) is 18.2 Å². The van der Waals surface area contributed by atoms with E-state index in [-0.39, 0.29) is 11.9 Å². The van der Waals surface area contributed by atoms with E-state index in [9.17, 15) is 4.79 Å². The van der Waals surface area contributed by atoms with Crippen molar-refractivity contribution in [3.63, 3.8) is 0 Å². The molecule has 148 valence electrons. The molecule has 0 radical (unpaired) electrons. The molecule has 2 aromatic carbocycles. The SMILES string of the molecule is COc1ccc(Nc2ccc(C(=O)N3c4ccccc4CC3C)cn2)cc1OC. The first-order valence-corrected chi connectivity index (χ1v) is 9.47. The second kappa shape index (κ2) is 7.83.